The van der Waals surface area contributed by atoms with Crippen LogP contribution in [-0.2, 0) is 0 Å². The molecular weight excluding hydrogens is 581 g/mol. The molecule has 0 heterocycles. The van der Waals surface area contributed by atoms with Gasteiger partial charge in [0.1, 0.15) is 0 Å². The van der Waals surface area contributed by atoms with Crippen molar-refractivity contribution in [1.29, 1.82) is 0 Å². The van der Waals surface area contributed by atoms with Crippen molar-refractivity contribution in [3.05, 3.63) is 186 Å². The summed E-state index contributed by atoms with van der Waals surface area (Å²) in [5.74, 6) is 0. The van der Waals surface area contributed by atoms with Crippen molar-refractivity contribution < 1.29 is 0 Å². The average Bonchev–Trinajstić information content (AvgIpc) is 3.13. The third-order valence-corrected chi connectivity index (χ3v) is 9.38. The minimum atomic E-state index is 0.712. The second-order valence-corrected chi connectivity index (χ2v) is 12.6. The molecule has 0 aliphatic carbocycles. The molecule has 8 aromatic rings. The lowest BCUT2D eigenvalue weighted by Gasteiger charge is -2.19. The fourth-order valence-corrected chi connectivity index (χ4v) is 6.85. The molecule has 0 aromatic heterocycles. The molecule has 0 saturated carbocycles. The number of hydrogen-bond acceptors (Lipinski definition) is 2. The van der Waals surface area contributed by atoms with E-state index in [0.29, 0.717) is 5.70 Å². The van der Waals surface area contributed by atoms with Crippen LogP contribution < -0.4 is 11.1 Å². The summed E-state index contributed by atoms with van der Waals surface area (Å²) in [6.45, 7) is 4.19. The van der Waals surface area contributed by atoms with Crippen LogP contribution in [0, 0.1) is 13.8 Å². The van der Waals surface area contributed by atoms with Crippen LogP contribution in [0.2, 0.25) is 0 Å². The molecule has 2 nitrogen and oxygen atoms in total. The van der Waals surface area contributed by atoms with Crippen LogP contribution in [0.4, 0.5) is 5.69 Å². The van der Waals surface area contributed by atoms with Gasteiger partial charge in [0.25, 0.3) is 0 Å². The maximum atomic E-state index is 6.86. The number of nitrogens with two attached hydrogens (primary N) is 1. The molecule has 0 unspecified atom stereocenters. The minimum absolute atomic E-state index is 0.712. The van der Waals surface area contributed by atoms with E-state index in [9.17, 15) is 0 Å². The second kappa shape index (κ2) is 12.2. The van der Waals surface area contributed by atoms with Gasteiger partial charge in [0, 0.05) is 11.3 Å². The molecule has 48 heavy (non-hydrogen) atoms. The van der Waals surface area contributed by atoms with Gasteiger partial charge in [-0.05, 0) is 92.2 Å². The van der Waals surface area contributed by atoms with E-state index in [4.69, 9.17) is 5.73 Å². The summed E-state index contributed by atoms with van der Waals surface area (Å²) in [6.07, 6.45) is 0. The summed E-state index contributed by atoms with van der Waals surface area (Å²) in [5.41, 5.74) is 18.8. The molecule has 0 fully saturated rings. The normalized spacial score (nSPS) is 12.0. The Bertz CT molecular complexity index is 2410. The molecule has 0 saturated heterocycles. The summed E-state index contributed by atoms with van der Waals surface area (Å²) >= 11 is 0. The summed E-state index contributed by atoms with van der Waals surface area (Å²) < 4.78 is 0. The maximum Gasteiger partial charge on any atom is 0.0697 e. The van der Waals surface area contributed by atoms with Gasteiger partial charge in [-0.2, -0.15) is 0 Å². The second-order valence-electron chi connectivity index (χ2n) is 12.6. The molecule has 230 valence electrons. The van der Waals surface area contributed by atoms with E-state index in [1.807, 2.05) is 0 Å². The Morgan fingerprint density at radius 3 is 1.46 bits per heavy atom. The molecule has 8 aromatic carbocycles. The van der Waals surface area contributed by atoms with Crippen LogP contribution in [0.3, 0.4) is 0 Å². The van der Waals surface area contributed by atoms with Gasteiger partial charge < -0.3 is 11.1 Å². The van der Waals surface area contributed by atoms with Gasteiger partial charge >= 0.3 is 0 Å². The molecule has 2 heteroatoms. The van der Waals surface area contributed by atoms with Crippen molar-refractivity contribution in [2.45, 2.75) is 13.8 Å². The number of hydrogen-bond donors (Lipinski definition) is 2. The third kappa shape index (κ3) is 5.38. The Morgan fingerprint density at radius 2 is 0.896 bits per heavy atom. The first-order chi connectivity index (χ1) is 23.5. The molecule has 0 amide bonds. The zero-order valence-corrected chi connectivity index (χ0v) is 27.2. The molecule has 3 N–H and O–H groups in total. The van der Waals surface area contributed by atoms with Gasteiger partial charge in [0.05, 0.1) is 11.4 Å². The highest BCUT2D eigenvalue weighted by Gasteiger charge is 2.17. The van der Waals surface area contributed by atoms with Crippen LogP contribution >= 0.6 is 0 Å². The van der Waals surface area contributed by atoms with Crippen LogP contribution in [0.25, 0.3) is 66.0 Å². The van der Waals surface area contributed by atoms with Gasteiger partial charge in [-0.25, -0.2) is 0 Å². The number of aryl methyl sites for hydroxylation is 2. The first-order valence-corrected chi connectivity index (χ1v) is 16.5. The molecular formula is C46H36N2. The molecule has 0 spiro atoms. The predicted octanol–water partition coefficient (Wildman–Crippen LogP) is 12.0. The zero-order chi connectivity index (χ0) is 32.6. The quantitative estimate of drug-likeness (QED) is 0.144. The van der Waals surface area contributed by atoms with E-state index in [1.54, 1.807) is 0 Å². The lowest BCUT2D eigenvalue weighted by atomic mass is 9.85. The van der Waals surface area contributed by atoms with E-state index >= 15 is 0 Å². The van der Waals surface area contributed by atoms with E-state index in [1.165, 1.54) is 65.7 Å². The van der Waals surface area contributed by atoms with Gasteiger partial charge in [0.2, 0.25) is 0 Å². The van der Waals surface area contributed by atoms with E-state index in [2.05, 4.69) is 183 Å². The molecule has 0 aliphatic rings. The lowest BCUT2D eigenvalue weighted by molar-refractivity contribution is 1.41. The number of rotatable bonds is 6. The molecule has 0 bridgehead atoms. The van der Waals surface area contributed by atoms with Crippen LogP contribution in [-0.4, -0.2) is 0 Å². The monoisotopic (exact) mass is 616 g/mol. The van der Waals surface area contributed by atoms with Crippen molar-refractivity contribution in [1.82, 2.24) is 0 Å². The van der Waals surface area contributed by atoms with Crippen LogP contribution in [0.15, 0.2) is 164 Å². The minimum Gasteiger partial charge on any atom is -0.397 e. The number of benzene rings is 8. The first-order valence-electron chi connectivity index (χ1n) is 16.5. The van der Waals surface area contributed by atoms with Gasteiger partial charge in [-0.1, -0.05) is 157 Å². The largest absolute Gasteiger partial charge is 0.397 e. The van der Waals surface area contributed by atoms with E-state index in [-0.39, 0.29) is 0 Å². The Labute approximate surface area is 281 Å². The van der Waals surface area contributed by atoms with Gasteiger partial charge in [-0.15, -0.1) is 0 Å². The zero-order valence-electron chi connectivity index (χ0n) is 27.2. The maximum absolute atomic E-state index is 6.86. The van der Waals surface area contributed by atoms with Crippen molar-refractivity contribution in [3.8, 4) is 22.3 Å². The Morgan fingerprint density at radius 1 is 0.438 bits per heavy atom. The molecule has 0 radical (unpaired) electrons. The van der Waals surface area contributed by atoms with E-state index < -0.39 is 0 Å². The number of anilines is 1. The van der Waals surface area contributed by atoms with Gasteiger partial charge in [-0.3, -0.25) is 0 Å². The highest BCUT2D eigenvalue weighted by atomic mass is 14.9. The molecule has 0 aliphatic heterocycles. The fourth-order valence-electron chi connectivity index (χ4n) is 6.85. The number of fused-ring (bicyclic) bond motifs is 3. The summed E-state index contributed by atoms with van der Waals surface area (Å²) in [4.78, 5) is 0. The van der Waals surface area contributed by atoms with Crippen molar-refractivity contribution >= 4 is 49.4 Å². The van der Waals surface area contributed by atoms with E-state index in [0.717, 1.165) is 22.5 Å². The first kappa shape index (κ1) is 29.3. The van der Waals surface area contributed by atoms with Crippen molar-refractivity contribution in [3.63, 3.8) is 0 Å². The highest BCUT2D eigenvalue weighted by molar-refractivity contribution is 6.21. The topological polar surface area (TPSA) is 38.0 Å². The van der Waals surface area contributed by atoms with Crippen molar-refractivity contribution in [2.75, 3.05) is 5.32 Å². The highest BCUT2D eigenvalue weighted by Crippen LogP contribution is 2.44. The average molecular weight is 617 g/mol. The summed E-state index contributed by atoms with van der Waals surface area (Å²) in [5, 5.41) is 11.2. The Balaban J connectivity index is 1.24. The summed E-state index contributed by atoms with van der Waals surface area (Å²) in [7, 11) is 0. The third-order valence-electron chi connectivity index (χ3n) is 9.38. The Hall–Kier alpha value is -6.12. The number of nitrogens with one attached hydrogen (secondary N) is 1. The standard InChI is InChI=1S/C46H36N2/c1-30-15-19-34(20-16-30)45(47)46(35-21-17-31(2)18-22-35)48-38-27-25-33(26-28-38)43-39-11-5-7-13-41(39)44(42-14-8-6-12-40(42)43)37-24-23-32-9-3-4-10-36(32)29-37/h3-29,48H,47H2,1-2H3/b46-45-. The SMILES string of the molecule is Cc1ccc(/C(N)=C(/Nc2ccc(-c3c4ccccc4c(-c4ccc5ccccc5c4)c4ccccc34)cc2)c2ccc(C)cc2)cc1. The molecule has 0 atom stereocenters. The smallest absolute Gasteiger partial charge is 0.0697 e. The van der Waals surface area contributed by atoms with Crippen molar-refractivity contribution in [2.24, 2.45) is 5.73 Å². The lowest BCUT2D eigenvalue weighted by Crippen LogP contribution is -2.08. The summed E-state index contributed by atoms with van der Waals surface area (Å²) in [6, 6.07) is 58.7. The molecule has 8 rings (SSSR count). The van der Waals surface area contributed by atoms with Crippen LogP contribution in [0.1, 0.15) is 22.3 Å². The Kier molecular flexibility index (Phi) is 7.47. The van der Waals surface area contributed by atoms with Crippen LogP contribution in [0.5, 0.6) is 0 Å². The fraction of sp³-hybridized carbons (Fsp3) is 0.0435. The predicted molar refractivity (Wildman–Crippen MR) is 207 cm³/mol. The van der Waals surface area contributed by atoms with Gasteiger partial charge in [0.15, 0.2) is 0 Å².